The zero-order valence-electron chi connectivity index (χ0n) is 9.45. The fourth-order valence-corrected chi connectivity index (χ4v) is 1.38. The van der Waals surface area contributed by atoms with Gasteiger partial charge >= 0.3 is 0 Å². The largest absolute Gasteiger partial charge is 0.444 e. The van der Waals surface area contributed by atoms with Crippen molar-refractivity contribution in [1.29, 1.82) is 0 Å². The second-order valence-corrected chi connectivity index (χ2v) is 4.02. The van der Waals surface area contributed by atoms with E-state index >= 15 is 0 Å². The molecule has 0 aliphatic heterocycles. The molecule has 1 aromatic rings. The molecule has 1 aromatic heterocycles. The quantitative estimate of drug-likeness (QED) is 0.741. The molecule has 0 atom stereocenters. The molecule has 1 fully saturated rings. The Kier molecular flexibility index (Phi) is 3.56. The summed E-state index contributed by atoms with van der Waals surface area (Å²) < 4.78 is 5.40. The molecule has 1 aliphatic rings. The highest BCUT2D eigenvalue weighted by molar-refractivity contribution is 5.78. The summed E-state index contributed by atoms with van der Waals surface area (Å²) in [5, 5.41) is 5.91. The minimum Gasteiger partial charge on any atom is -0.444 e. The van der Waals surface area contributed by atoms with Crippen molar-refractivity contribution in [2.45, 2.75) is 38.8 Å². The minimum atomic E-state index is 0.0461. The standard InChI is InChI=1S/C11H17N3O2/c1-2-9-5-13-11(16-9)7-12-6-10(15)14-8-3-4-8/h5,8,12H,2-4,6-7H2,1H3,(H,14,15). The van der Waals surface area contributed by atoms with Gasteiger partial charge in [0, 0.05) is 12.5 Å². The lowest BCUT2D eigenvalue weighted by Crippen LogP contribution is -2.34. The van der Waals surface area contributed by atoms with Crippen LogP contribution in [0.15, 0.2) is 10.6 Å². The van der Waals surface area contributed by atoms with Crippen LogP contribution in [0.2, 0.25) is 0 Å². The SMILES string of the molecule is CCc1cnc(CNCC(=O)NC2CC2)o1. The first-order chi connectivity index (χ1) is 7.78. The molecule has 0 bridgehead atoms. The molecule has 2 rings (SSSR count). The monoisotopic (exact) mass is 223 g/mol. The van der Waals surface area contributed by atoms with Crippen LogP contribution in [0.25, 0.3) is 0 Å². The van der Waals surface area contributed by atoms with Crippen molar-refractivity contribution in [3.8, 4) is 0 Å². The Hall–Kier alpha value is -1.36. The van der Waals surface area contributed by atoms with Gasteiger partial charge in [-0.3, -0.25) is 10.1 Å². The number of oxazole rings is 1. The maximum Gasteiger partial charge on any atom is 0.234 e. The molecule has 1 saturated carbocycles. The minimum absolute atomic E-state index is 0.0461. The van der Waals surface area contributed by atoms with E-state index in [4.69, 9.17) is 4.42 Å². The Balaban J connectivity index is 1.64. The fourth-order valence-electron chi connectivity index (χ4n) is 1.38. The van der Waals surface area contributed by atoms with Gasteiger partial charge in [-0.15, -0.1) is 0 Å². The summed E-state index contributed by atoms with van der Waals surface area (Å²) in [7, 11) is 0. The van der Waals surface area contributed by atoms with Crippen LogP contribution < -0.4 is 10.6 Å². The first-order valence-electron chi connectivity index (χ1n) is 5.71. The lowest BCUT2D eigenvalue weighted by atomic mass is 10.4. The number of carbonyl (C=O) groups excluding carboxylic acids is 1. The average Bonchev–Trinajstić information content (AvgIpc) is 2.96. The summed E-state index contributed by atoms with van der Waals surface area (Å²) in [6.07, 6.45) is 4.80. The Morgan fingerprint density at radius 2 is 2.44 bits per heavy atom. The number of nitrogens with one attached hydrogen (secondary N) is 2. The highest BCUT2D eigenvalue weighted by atomic mass is 16.4. The first kappa shape index (κ1) is 11.1. The number of hydrogen-bond acceptors (Lipinski definition) is 4. The average molecular weight is 223 g/mol. The summed E-state index contributed by atoms with van der Waals surface area (Å²) in [5.74, 6) is 1.56. The van der Waals surface area contributed by atoms with Gasteiger partial charge in [0.15, 0.2) is 0 Å². The highest BCUT2D eigenvalue weighted by Crippen LogP contribution is 2.18. The number of rotatable bonds is 6. The van der Waals surface area contributed by atoms with Crippen LogP contribution in [-0.4, -0.2) is 23.5 Å². The Morgan fingerprint density at radius 1 is 1.62 bits per heavy atom. The third-order valence-corrected chi connectivity index (χ3v) is 2.45. The summed E-state index contributed by atoms with van der Waals surface area (Å²) in [6.45, 7) is 2.83. The lowest BCUT2D eigenvalue weighted by Gasteiger charge is -2.03. The molecule has 1 heterocycles. The Labute approximate surface area is 94.6 Å². The Bertz CT molecular complexity index is 358. The summed E-state index contributed by atoms with van der Waals surface area (Å²) in [5.41, 5.74) is 0. The van der Waals surface area contributed by atoms with E-state index in [1.54, 1.807) is 6.20 Å². The summed E-state index contributed by atoms with van der Waals surface area (Å²) >= 11 is 0. The molecule has 16 heavy (non-hydrogen) atoms. The van der Waals surface area contributed by atoms with Crippen LogP contribution in [0.4, 0.5) is 0 Å². The lowest BCUT2D eigenvalue weighted by molar-refractivity contribution is -0.120. The van der Waals surface area contributed by atoms with Crippen molar-refractivity contribution < 1.29 is 9.21 Å². The van der Waals surface area contributed by atoms with Gasteiger partial charge < -0.3 is 9.73 Å². The van der Waals surface area contributed by atoms with Gasteiger partial charge in [-0.2, -0.15) is 0 Å². The predicted molar refractivity (Wildman–Crippen MR) is 58.8 cm³/mol. The second-order valence-electron chi connectivity index (χ2n) is 4.02. The van der Waals surface area contributed by atoms with E-state index in [0.717, 1.165) is 25.0 Å². The molecule has 2 N–H and O–H groups in total. The number of aryl methyl sites for hydroxylation is 1. The van der Waals surface area contributed by atoms with Crippen LogP contribution in [0.3, 0.4) is 0 Å². The van der Waals surface area contributed by atoms with Crippen LogP contribution >= 0.6 is 0 Å². The molecule has 0 unspecified atom stereocenters. The maximum absolute atomic E-state index is 11.3. The number of hydrogen-bond donors (Lipinski definition) is 2. The molecular weight excluding hydrogens is 206 g/mol. The van der Waals surface area contributed by atoms with E-state index in [1.165, 1.54) is 0 Å². The molecular formula is C11H17N3O2. The second kappa shape index (κ2) is 5.12. The van der Waals surface area contributed by atoms with E-state index in [2.05, 4.69) is 15.6 Å². The van der Waals surface area contributed by atoms with Crippen LogP contribution in [0.5, 0.6) is 0 Å². The first-order valence-corrected chi connectivity index (χ1v) is 5.71. The Morgan fingerprint density at radius 3 is 3.06 bits per heavy atom. The molecule has 0 aromatic carbocycles. The molecule has 5 heteroatoms. The number of amides is 1. The zero-order valence-corrected chi connectivity index (χ0v) is 9.45. The van der Waals surface area contributed by atoms with Crippen molar-refractivity contribution in [3.63, 3.8) is 0 Å². The van der Waals surface area contributed by atoms with Gasteiger partial charge in [0.25, 0.3) is 0 Å². The predicted octanol–water partition coefficient (Wildman–Crippen LogP) is 0.605. The summed E-state index contributed by atoms with van der Waals surface area (Å²) in [4.78, 5) is 15.4. The van der Waals surface area contributed by atoms with Crippen molar-refractivity contribution in [2.75, 3.05) is 6.54 Å². The molecule has 1 amide bonds. The van der Waals surface area contributed by atoms with E-state index in [0.29, 0.717) is 25.0 Å². The van der Waals surface area contributed by atoms with Gasteiger partial charge in [0.05, 0.1) is 19.3 Å². The normalized spacial score (nSPS) is 15.1. The van der Waals surface area contributed by atoms with E-state index < -0.39 is 0 Å². The molecule has 5 nitrogen and oxygen atoms in total. The number of nitrogens with zero attached hydrogens (tertiary/aromatic N) is 1. The fraction of sp³-hybridized carbons (Fsp3) is 0.636. The molecule has 0 saturated heterocycles. The molecule has 88 valence electrons. The highest BCUT2D eigenvalue weighted by Gasteiger charge is 2.22. The summed E-state index contributed by atoms with van der Waals surface area (Å²) in [6, 6.07) is 0.419. The third kappa shape index (κ3) is 3.34. The van der Waals surface area contributed by atoms with Gasteiger partial charge in [-0.05, 0) is 12.8 Å². The topological polar surface area (TPSA) is 67.2 Å². The van der Waals surface area contributed by atoms with Gasteiger partial charge in [0.2, 0.25) is 11.8 Å². The van der Waals surface area contributed by atoms with Crippen LogP contribution in [-0.2, 0) is 17.8 Å². The molecule has 0 spiro atoms. The molecule has 1 aliphatic carbocycles. The van der Waals surface area contributed by atoms with E-state index in [9.17, 15) is 4.79 Å². The number of carbonyl (C=O) groups is 1. The number of aromatic nitrogens is 1. The maximum atomic E-state index is 11.3. The zero-order chi connectivity index (χ0) is 11.4. The van der Waals surface area contributed by atoms with Crippen molar-refractivity contribution >= 4 is 5.91 Å². The van der Waals surface area contributed by atoms with Crippen molar-refractivity contribution in [2.24, 2.45) is 0 Å². The van der Waals surface area contributed by atoms with Gasteiger partial charge in [-0.1, -0.05) is 6.92 Å². The van der Waals surface area contributed by atoms with Crippen LogP contribution in [0.1, 0.15) is 31.4 Å². The third-order valence-electron chi connectivity index (χ3n) is 2.45. The molecule has 0 radical (unpaired) electrons. The van der Waals surface area contributed by atoms with E-state index in [-0.39, 0.29) is 5.91 Å². The van der Waals surface area contributed by atoms with Gasteiger partial charge in [-0.25, -0.2) is 4.98 Å². The van der Waals surface area contributed by atoms with Crippen molar-refractivity contribution in [1.82, 2.24) is 15.6 Å². The van der Waals surface area contributed by atoms with Crippen molar-refractivity contribution in [3.05, 3.63) is 17.8 Å². The van der Waals surface area contributed by atoms with Crippen LogP contribution in [0, 0.1) is 0 Å². The van der Waals surface area contributed by atoms with Gasteiger partial charge in [0.1, 0.15) is 5.76 Å². The smallest absolute Gasteiger partial charge is 0.234 e. The van der Waals surface area contributed by atoms with E-state index in [1.807, 2.05) is 6.92 Å².